The van der Waals surface area contributed by atoms with E-state index in [1.165, 1.54) is 11.8 Å². The van der Waals surface area contributed by atoms with Gasteiger partial charge in [0.25, 0.3) is 5.91 Å². The first-order chi connectivity index (χ1) is 12.9. The SMILES string of the molecule is Cc1ccc(N=C2NC(=O)/C(=C\c3cc(Br)ccc3OCC(=O)O)S2)cc1. The van der Waals surface area contributed by atoms with E-state index < -0.39 is 12.6 Å². The van der Waals surface area contributed by atoms with Crippen molar-refractivity contribution in [2.24, 2.45) is 4.99 Å². The van der Waals surface area contributed by atoms with Crippen molar-refractivity contribution < 1.29 is 19.4 Å². The van der Waals surface area contributed by atoms with Gasteiger partial charge in [-0.15, -0.1) is 0 Å². The van der Waals surface area contributed by atoms with Gasteiger partial charge in [-0.1, -0.05) is 33.6 Å². The van der Waals surface area contributed by atoms with Gasteiger partial charge in [-0.3, -0.25) is 4.79 Å². The van der Waals surface area contributed by atoms with Gasteiger partial charge in [-0.2, -0.15) is 0 Å². The molecule has 0 spiro atoms. The van der Waals surface area contributed by atoms with Crippen LogP contribution in [0.3, 0.4) is 0 Å². The molecule has 1 fully saturated rings. The third-order valence-corrected chi connectivity index (χ3v) is 4.93. The van der Waals surface area contributed by atoms with E-state index >= 15 is 0 Å². The number of amidine groups is 1. The van der Waals surface area contributed by atoms with Crippen molar-refractivity contribution in [3.05, 3.63) is 63.0 Å². The summed E-state index contributed by atoms with van der Waals surface area (Å²) in [5.41, 5.74) is 2.48. The molecule has 0 radical (unpaired) electrons. The van der Waals surface area contributed by atoms with Crippen LogP contribution >= 0.6 is 27.7 Å². The number of benzene rings is 2. The molecular weight excluding hydrogens is 432 g/mol. The van der Waals surface area contributed by atoms with Crippen LogP contribution in [0.1, 0.15) is 11.1 Å². The zero-order chi connectivity index (χ0) is 19.4. The van der Waals surface area contributed by atoms with Gasteiger partial charge in [0.15, 0.2) is 11.8 Å². The minimum atomic E-state index is -1.07. The number of hydrogen-bond acceptors (Lipinski definition) is 5. The number of carboxylic acid groups (broad SMARTS) is 1. The highest BCUT2D eigenvalue weighted by Gasteiger charge is 2.24. The second-order valence-corrected chi connectivity index (χ2v) is 7.63. The number of thioether (sulfide) groups is 1. The summed E-state index contributed by atoms with van der Waals surface area (Å²) in [6.07, 6.45) is 1.65. The number of carbonyl (C=O) groups is 2. The zero-order valence-corrected chi connectivity index (χ0v) is 16.6. The smallest absolute Gasteiger partial charge is 0.341 e. The molecule has 3 rings (SSSR count). The van der Waals surface area contributed by atoms with Crippen LogP contribution in [0.15, 0.2) is 56.8 Å². The third kappa shape index (κ3) is 5.21. The Labute approximate surface area is 168 Å². The lowest BCUT2D eigenvalue weighted by Gasteiger charge is -2.08. The summed E-state index contributed by atoms with van der Waals surface area (Å²) < 4.78 is 6.08. The molecule has 2 N–H and O–H groups in total. The Morgan fingerprint density at radius 3 is 2.74 bits per heavy atom. The normalized spacial score (nSPS) is 16.6. The Morgan fingerprint density at radius 2 is 2.04 bits per heavy atom. The lowest BCUT2D eigenvalue weighted by Crippen LogP contribution is -2.19. The number of aryl methyl sites for hydroxylation is 1. The maximum Gasteiger partial charge on any atom is 0.341 e. The number of halogens is 1. The van der Waals surface area contributed by atoms with Crippen molar-refractivity contribution in [2.75, 3.05) is 6.61 Å². The maximum atomic E-state index is 12.3. The fourth-order valence-electron chi connectivity index (χ4n) is 2.26. The number of nitrogens with zero attached hydrogens (tertiary/aromatic N) is 1. The molecule has 2 aromatic rings. The maximum absolute atomic E-state index is 12.3. The van der Waals surface area contributed by atoms with E-state index in [0.29, 0.717) is 21.4 Å². The molecule has 1 aliphatic rings. The monoisotopic (exact) mass is 446 g/mol. The molecule has 138 valence electrons. The topological polar surface area (TPSA) is 88.0 Å². The first kappa shape index (κ1) is 19.2. The zero-order valence-electron chi connectivity index (χ0n) is 14.2. The Balaban J connectivity index is 1.85. The molecule has 0 unspecified atom stereocenters. The van der Waals surface area contributed by atoms with Crippen LogP contribution in [0.5, 0.6) is 5.75 Å². The molecule has 27 heavy (non-hydrogen) atoms. The van der Waals surface area contributed by atoms with Gasteiger partial charge in [0.05, 0.1) is 10.6 Å². The molecule has 0 aromatic heterocycles. The number of hydrogen-bond donors (Lipinski definition) is 2. The van der Waals surface area contributed by atoms with Crippen LogP contribution in [0.2, 0.25) is 0 Å². The minimum Gasteiger partial charge on any atom is -0.481 e. The van der Waals surface area contributed by atoms with Crippen molar-refractivity contribution in [1.82, 2.24) is 5.32 Å². The number of carboxylic acids is 1. The van der Waals surface area contributed by atoms with Gasteiger partial charge in [0.1, 0.15) is 5.75 Å². The van der Waals surface area contributed by atoms with Crippen LogP contribution < -0.4 is 10.1 Å². The molecule has 8 heteroatoms. The lowest BCUT2D eigenvalue weighted by atomic mass is 10.2. The quantitative estimate of drug-likeness (QED) is 0.674. The molecule has 1 saturated heterocycles. The Kier molecular flexibility index (Phi) is 5.98. The Morgan fingerprint density at radius 1 is 1.30 bits per heavy atom. The average Bonchev–Trinajstić information content (AvgIpc) is 2.95. The van der Waals surface area contributed by atoms with Crippen molar-refractivity contribution >= 4 is 56.5 Å². The number of aliphatic carboxylic acids is 1. The molecule has 1 aliphatic heterocycles. The first-order valence-corrected chi connectivity index (χ1v) is 9.52. The second-order valence-electron chi connectivity index (χ2n) is 5.68. The van der Waals surface area contributed by atoms with E-state index in [1.807, 2.05) is 31.2 Å². The van der Waals surface area contributed by atoms with Crippen molar-refractivity contribution in [2.45, 2.75) is 6.92 Å². The van der Waals surface area contributed by atoms with E-state index in [-0.39, 0.29) is 5.91 Å². The third-order valence-electron chi connectivity index (χ3n) is 3.53. The van der Waals surface area contributed by atoms with E-state index in [4.69, 9.17) is 9.84 Å². The molecule has 0 atom stereocenters. The van der Waals surface area contributed by atoms with Gasteiger partial charge < -0.3 is 15.2 Å². The van der Waals surface area contributed by atoms with Gasteiger partial charge in [0, 0.05) is 10.0 Å². The van der Waals surface area contributed by atoms with Gasteiger partial charge in [-0.25, -0.2) is 9.79 Å². The molecule has 2 aromatic carbocycles. The molecule has 6 nitrogen and oxygen atoms in total. The highest BCUT2D eigenvalue weighted by Crippen LogP contribution is 2.32. The summed E-state index contributed by atoms with van der Waals surface area (Å²) >= 11 is 4.59. The van der Waals surface area contributed by atoms with Gasteiger partial charge in [-0.05, 0) is 55.1 Å². The summed E-state index contributed by atoms with van der Waals surface area (Å²) in [6, 6.07) is 12.8. The molecule has 0 aliphatic carbocycles. The number of nitrogens with one attached hydrogen (secondary N) is 1. The van der Waals surface area contributed by atoms with Crippen molar-refractivity contribution in [1.29, 1.82) is 0 Å². The molecule has 0 bridgehead atoms. The number of carbonyl (C=O) groups excluding carboxylic acids is 1. The number of rotatable bonds is 5. The van der Waals surface area contributed by atoms with Crippen LogP contribution in [-0.4, -0.2) is 28.8 Å². The first-order valence-electron chi connectivity index (χ1n) is 7.91. The number of ether oxygens (including phenoxy) is 1. The van der Waals surface area contributed by atoms with Crippen molar-refractivity contribution in [3.8, 4) is 5.75 Å². The Hall–Kier alpha value is -2.58. The van der Waals surface area contributed by atoms with Crippen molar-refractivity contribution in [3.63, 3.8) is 0 Å². The molecule has 0 saturated carbocycles. The highest BCUT2D eigenvalue weighted by molar-refractivity contribution is 9.10. The standard InChI is InChI=1S/C19H15BrN2O4S/c1-11-2-5-14(6-3-11)21-19-22-18(25)16(27-19)9-12-8-13(20)4-7-15(12)26-10-17(23)24/h2-9H,10H2,1H3,(H,23,24)(H,21,22,25)/b16-9+. The number of amides is 1. The summed E-state index contributed by atoms with van der Waals surface area (Å²) in [5, 5.41) is 12.0. The molecular formula is C19H15BrN2O4S. The summed E-state index contributed by atoms with van der Waals surface area (Å²) in [4.78, 5) is 27.9. The van der Waals surface area contributed by atoms with Gasteiger partial charge in [0.2, 0.25) is 0 Å². The van der Waals surface area contributed by atoms with Crippen LogP contribution in [0, 0.1) is 6.92 Å². The van der Waals surface area contributed by atoms with E-state index in [0.717, 1.165) is 15.7 Å². The van der Waals surface area contributed by atoms with E-state index in [9.17, 15) is 9.59 Å². The van der Waals surface area contributed by atoms with Crippen LogP contribution in [0.25, 0.3) is 6.08 Å². The van der Waals surface area contributed by atoms with Crippen LogP contribution in [0.4, 0.5) is 5.69 Å². The second kappa shape index (κ2) is 8.41. The van der Waals surface area contributed by atoms with Crippen LogP contribution in [-0.2, 0) is 9.59 Å². The largest absolute Gasteiger partial charge is 0.481 e. The lowest BCUT2D eigenvalue weighted by molar-refractivity contribution is -0.139. The molecule has 1 heterocycles. The molecule has 1 amide bonds. The predicted molar refractivity (Wildman–Crippen MR) is 109 cm³/mol. The van der Waals surface area contributed by atoms with Gasteiger partial charge >= 0.3 is 5.97 Å². The summed E-state index contributed by atoms with van der Waals surface area (Å²) in [6.45, 7) is 1.53. The fraction of sp³-hybridized carbons (Fsp3) is 0.105. The average molecular weight is 447 g/mol. The fourth-order valence-corrected chi connectivity index (χ4v) is 3.47. The number of aliphatic imine (C=N–C) groups is 1. The summed E-state index contributed by atoms with van der Waals surface area (Å²) in [7, 11) is 0. The minimum absolute atomic E-state index is 0.268. The highest BCUT2D eigenvalue weighted by atomic mass is 79.9. The predicted octanol–water partition coefficient (Wildman–Crippen LogP) is 4.11. The van der Waals surface area contributed by atoms with E-state index in [1.54, 1.807) is 24.3 Å². The van der Waals surface area contributed by atoms with E-state index in [2.05, 4.69) is 26.2 Å². The Bertz CT molecular complexity index is 955. The summed E-state index contributed by atoms with van der Waals surface area (Å²) in [5.74, 6) is -0.961.